The molecule has 1 amide bonds. The summed E-state index contributed by atoms with van der Waals surface area (Å²) in [6, 6.07) is 4.02. The molecule has 0 bridgehead atoms. The van der Waals surface area contributed by atoms with Gasteiger partial charge in [-0.25, -0.2) is 0 Å². The Kier molecular flexibility index (Phi) is 4.37. The molecule has 0 aliphatic rings. The zero-order valence-electron chi connectivity index (χ0n) is 9.54. The maximum Gasteiger partial charge on any atom is 0.240 e. The second-order valence-corrected chi connectivity index (χ2v) is 3.54. The molecule has 84 valence electrons. The molecule has 0 saturated heterocycles. The molecule has 1 N–H and O–H groups in total. The van der Waals surface area contributed by atoms with E-state index in [2.05, 4.69) is 5.32 Å². The van der Waals surface area contributed by atoms with Gasteiger partial charge in [-0.2, -0.15) is 0 Å². The molecule has 15 heavy (non-hydrogen) atoms. The fraction of sp³-hybridized carbons (Fsp3) is 0.545. The van der Waals surface area contributed by atoms with Crippen LogP contribution in [0.1, 0.15) is 11.4 Å². The number of methoxy groups -OCH3 is 1. The predicted molar refractivity (Wildman–Crippen MR) is 58.8 cm³/mol. The van der Waals surface area contributed by atoms with Gasteiger partial charge in [-0.1, -0.05) is 0 Å². The molecule has 1 rings (SSSR count). The van der Waals surface area contributed by atoms with Crippen molar-refractivity contribution in [1.82, 2.24) is 9.88 Å². The van der Waals surface area contributed by atoms with Gasteiger partial charge in [0.25, 0.3) is 0 Å². The molecule has 0 aliphatic carbocycles. The van der Waals surface area contributed by atoms with Crippen LogP contribution < -0.4 is 5.32 Å². The Morgan fingerprint density at radius 1 is 1.40 bits per heavy atom. The van der Waals surface area contributed by atoms with Crippen LogP contribution >= 0.6 is 0 Å². The first-order valence-electron chi connectivity index (χ1n) is 5.03. The number of rotatable bonds is 5. The summed E-state index contributed by atoms with van der Waals surface area (Å²) in [5, 5.41) is 2.79. The summed E-state index contributed by atoms with van der Waals surface area (Å²) < 4.78 is 6.84. The molecule has 1 aromatic rings. The zero-order valence-corrected chi connectivity index (χ0v) is 9.54. The van der Waals surface area contributed by atoms with E-state index >= 15 is 0 Å². The molecule has 0 unspecified atom stereocenters. The average Bonchev–Trinajstić information content (AvgIpc) is 2.50. The van der Waals surface area contributed by atoms with Crippen molar-refractivity contribution in [3.8, 4) is 0 Å². The van der Waals surface area contributed by atoms with Crippen molar-refractivity contribution in [2.75, 3.05) is 20.3 Å². The Hall–Kier alpha value is -1.29. The molecule has 1 heterocycles. The van der Waals surface area contributed by atoms with E-state index in [0.29, 0.717) is 19.7 Å². The number of nitrogens with one attached hydrogen (secondary N) is 1. The number of carbonyl (C=O) groups is 1. The second-order valence-electron chi connectivity index (χ2n) is 3.54. The van der Waals surface area contributed by atoms with Crippen LogP contribution in [-0.2, 0) is 16.1 Å². The van der Waals surface area contributed by atoms with Gasteiger partial charge in [0.1, 0.15) is 6.54 Å². The molecule has 0 saturated carbocycles. The van der Waals surface area contributed by atoms with Crippen molar-refractivity contribution in [2.24, 2.45) is 0 Å². The first-order chi connectivity index (χ1) is 7.15. The third kappa shape index (κ3) is 3.40. The minimum Gasteiger partial charge on any atom is -0.383 e. The Morgan fingerprint density at radius 3 is 2.53 bits per heavy atom. The van der Waals surface area contributed by atoms with Gasteiger partial charge < -0.3 is 14.6 Å². The van der Waals surface area contributed by atoms with Gasteiger partial charge in [-0.05, 0) is 26.0 Å². The van der Waals surface area contributed by atoms with Gasteiger partial charge in [-0.15, -0.1) is 0 Å². The highest BCUT2D eigenvalue weighted by molar-refractivity contribution is 5.75. The van der Waals surface area contributed by atoms with Gasteiger partial charge in [-0.3, -0.25) is 4.79 Å². The largest absolute Gasteiger partial charge is 0.383 e. The Bertz CT molecular complexity index is 312. The lowest BCUT2D eigenvalue weighted by atomic mass is 10.4. The van der Waals surface area contributed by atoms with Crippen LogP contribution in [-0.4, -0.2) is 30.7 Å². The number of hydrogen-bond acceptors (Lipinski definition) is 2. The highest BCUT2D eigenvalue weighted by Crippen LogP contribution is 2.06. The van der Waals surface area contributed by atoms with Crippen molar-refractivity contribution in [3.63, 3.8) is 0 Å². The van der Waals surface area contributed by atoms with E-state index in [1.165, 1.54) is 0 Å². The van der Waals surface area contributed by atoms with E-state index in [1.807, 2.05) is 30.5 Å². The Labute approximate surface area is 90.2 Å². The van der Waals surface area contributed by atoms with Crippen LogP contribution in [0.4, 0.5) is 0 Å². The standard InChI is InChI=1S/C11H18N2O2/c1-9-4-5-10(2)13(9)8-11(14)12-6-7-15-3/h4-5H,6-8H2,1-3H3,(H,12,14). The molecule has 1 aromatic heterocycles. The molecule has 4 heteroatoms. The number of amides is 1. The lowest BCUT2D eigenvalue weighted by molar-refractivity contribution is -0.121. The van der Waals surface area contributed by atoms with Gasteiger partial charge in [0, 0.05) is 25.0 Å². The maximum atomic E-state index is 11.5. The minimum atomic E-state index is 0.0226. The number of carbonyl (C=O) groups excluding carboxylic acids is 1. The van der Waals surface area contributed by atoms with Crippen molar-refractivity contribution >= 4 is 5.91 Å². The van der Waals surface area contributed by atoms with E-state index in [9.17, 15) is 4.79 Å². The van der Waals surface area contributed by atoms with Crippen LogP contribution in [0.5, 0.6) is 0 Å². The highest BCUT2D eigenvalue weighted by Gasteiger charge is 2.05. The molecule has 4 nitrogen and oxygen atoms in total. The summed E-state index contributed by atoms with van der Waals surface area (Å²) in [4.78, 5) is 11.5. The van der Waals surface area contributed by atoms with Crippen LogP contribution in [0.2, 0.25) is 0 Å². The fourth-order valence-corrected chi connectivity index (χ4v) is 1.44. The molecule has 0 aliphatic heterocycles. The number of nitrogens with zero attached hydrogens (tertiary/aromatic N) is 1. The summed E-state index contributed by atoms with van der Waals surface area (Å²) in [6.07, 6.45) is 0. The smallest absolute Gasteiger partial charge is 0.240 e. The predicted octanol–water partition coefficient (Wildman–Crippen LogP) is 0.868. The summed E-state index contributed by atoms with van der Waals surface area (Å²) in [5.74, 6) is 0.0226. The van der Waals surface area contributed by atoms with E-state index < -0.39 is 0 Å². The Morgan fingerprint density at radius 2 is 2.00 bits per heavy atom. The van der Waals surface area contributed by atoms with Crippen LogP contribution in [0.25, 0.3) is 0 Å². The van der Waals surface area contributed by atoms with Gasteiger partial charge in [0.05, 0.1) is 6.61 Å². The van der Waals surface area contributed by atoms with Gasteiger partial charge in [0.2, 0.25) is 5.91 Å². The first-order valence-corrected chi connectivity index (χ1v) is 5.03. The van der Waals surface area contributed by atoms with Crippen molar-refractivity contribution < 1.29 is 9.53 Å². The van der Waals surface area contributed by atoms with Crippen LogP contribution in [0, 0.1) is 13.8 Å². The molecular formula is C11H18N2O2. The van der Waals surface area contributed by atoms with Gasteiger partial charge >= 0.3 is 0 Å². The summed E-state index contributed by atoms with van der Waals surface area (Å²) in [5.41, 5.74) is 2.21. The molecule has 0 aromatic carbocycles. The van der Waals surface area contributed by atoms with E-state index in [-0.39, 0.29) is 5.91 Å². The maximum absolute atomic E-state index is 11.5. The van der Waals surface area contributed by atoms with E-state index in [1.54, 1.807) is 7.11 Å². The third-order valence-corrected chi connectivity index (χ3v) is 2.35. The highest BCUT2D eigenvalue weighted by atomic mass is 16.5. The molecular weight excluding hydrogens is 192 g/mol. The van der Waals surface area contributed by atoms with Crippen LogP contribution in [0.15, 0.2) is 12.1 Å². The number of hydrogen-bond donors (Lipinski definition) is 1. The summed E-state index contributed by atoms with van der Waals surface area (Å²) >= 11 is 0. The Balaban J connectivity index is 2.44. The van der Waals surface area contributed by atoms with Crippen molar-refractivity contribution in [2.45, 2.75) is 20.4 Å². The average molecular weight is 210 g/mol. The van der Waals surface area contributed by atoms with Crippen LogP contribution in [0.3, 0.4) is 0 Å². The molecule has 0 atom stereocenters. The second kappa shape index (κ2) is 5.56. The van der Waals surface area contributed by atoms with Gasteiger partial charge in [0.15, 0.2) is 0 Å². The lowest BCUT2D eigenvalue weighted by Crippen LogP contribution is -2.30. The summed E-state index contributed by atoms with van der Waals surface area (Å²) in [6.45, 7) is 5.49. The monoisotopic (exact) mass is 210 g/mol. The first kappa shape index (κ1) is 11.8. The third-order valence-electron chi connectivity index (χ3n) is 2.35. The normalized spacial score (nSPS) is 10.3. The number of ether oxygens (including phenoxy) is 1. The molecule has 0 radical (unpaired) electrons. The van der Waals surface area contributed by atoms with Crippen molar-refractivity contribution in [1.29, 1.82) is 0 Å². The quantitative estimate of drug-likeness (QED) is 0.733. The minimum absolute atomic E-state index is 0.0226. The molecule has 0 fully saturated rings. The van der Waals surface area contributed by atoms with Crippen molar-refractivity contribution in [3.05, 3.63) is 23.5 Å². The number of aryl methyl sites for hydroxylation is 2. The summed E-state index contributed by atoms with van der Waals surface area (Å²) in [7, 11) is 1.62. The SMILES string of the molecule is COCCNC(=O)Cn1c(C)ccc1C. The van der Waals surface area contributed by atoms with E-state index in [4.69, 9.17) is 4.74 Å². The van der Waals surface area contributed by atoms with E-state index in [0.717, 1.165) is 11.4 Å². The number of aromatic nitrogens is 1. The molecule has 0 spiro atoms. The lowest BCUT2D eigenvalue weighted by Gasteiger charge is -2.09. The fourth-order valence-electron chi connectivity index (χ4n) is 1.44. The zero-order chi connectivity index (χ0) is 11.3. The topological polar surface area (TPSA) is 43.3 Å².